The van der Waals surface area contributed by atoms with E-state index in [-0.39, 0.29) is 21.4 Å². The molecule has 30 heavy (non-hydrogen) atoms. The monoisotopic (exact) mass is 447 g/mol. The molecule has 1 aliphatic heterocycles. The largest absolute Gasteiger partial charge is 0.416 e. The van der Waals surface area contributed by atoms with Crippen molar-refractivity contribution in [3.63, 3.8) is 0 Å². The van der Waals surface area contributed by atoms with E-state index in [0.29, 0.717) is 28.5 Å². The van der Waals surface area contributed by atoms with E-state index < -0.39 is 11.7 Å². The minimum Gasteiger partial charge on any atom is -0.338 e. The van der Waals surface area contributed by atoms with Gasteiger partial charge in [0.2, 0.25) is 0 Å². The van der Waals surface area contributed by atoms with Gasteiger partial charge >= 0.3 is 6.18 Å². The van der Waals surface area contributed by atoms with Crippen LogP contribution in [0.25, 0.3) is 33.9 Å². The number of halogens is 5. The number of aromatic amines is 1. The van der Waals surface area contributed by atoms with E-state index in [1.807, 2.05) is 6.07 Å². The van der Waals surface area contributed by atoms with Crippen LogP contribution in [0.4, 0.5) is 24.7 Å². The normalized spacial score (nSPS) is 12.4. The first-order valence-corrected chi connectivity index (χ1v) is 9.42. The van der Waals surface area contributed by atoms with E-state index in [0.717, 1.165) is 17.7 Å². The minimum atomic E-state index is -4.56. The maximum atomic E-state index is 13.1. The molecular weight excluding hydrogens is 438 g/mol. The van der Waals surface area contributed by atoms with E-state index in [1.165, 1.54) is 0 Å². The van der Waals surface area contributed by atoms with Crippen molar-refractivity contribution in [2.75, 3.05) is 5.32 Å². The lowest BCUT2D eigenvalue weighted by Crippen LogP contribution is -2.05. The van der Waals surface area contributed by atoms with Crippen LogP contribution >= 0.6 is 23.2 Å². The van der Waals surface area contributed by atoms with Gasteiger partial charge in [-0.15, -0.1) is 0 Å². The highest BCUT2D eigenvalue weighted by molar-refractivity contribution is 6.39. The standard InChI is InChI=1S/C20H10Cl2F3N5/c21-12-6-9(20(23,24)25)7-13(22)15(12)19-29-16-10-3-5-26-8-14(10)28-18-11(17(16)30-19)2-1-4-27-18/h1-8H,(H,27,28)(H,29,30). The van der Waals surface area contributed by atoms with Gasteiger partial charge in [0, 0.05) is 23.5 Å². The summed E-state index contributed by atoms with van der Waals surface area (Å²) in [6.07, 6.45) is 0.367. The van der Waals surface area contributed by atoms with Crippen molar-refractivity contribution in [1.82, 2.24) is 19.9 Å². The van der Waals surface area contributed by atoms with Crippen LogP contribution in [0, 0.1) is 0 Å². The number of hydrogen-bond acceptors (Lipinski definition) is 4. The van der Waals surface area contributed by atoms with Crippen LogP contribution in [-0.2, 0) is 6.18 Å². The van der Waals surface area contributed by atoms with Gasteiger partial charge in [-0.3, -0.25) is 4.98 Å². The molecule has 0 fully saturated rings. The number of rotatable bonds is 1. The number of hydrogen-bond donors (Lipinski definition) is 2. The van der Waals surface area contributed by atoms with Crippen LogP contribution in [-0.4, -0.2) is 19.9 Å². The SMILES string of the molecule is FC(F)(F)c1cc(Cl)c(-c2nc3c([nH]2)-c2ccncc2Nc2ncccc2-3)c(Cl)c1. The summed E-state index contributed by atoms with van der Waals surface area (Å²) in [5.41, 5.74) is 2.67. The second-order valence-corrected chi connectivity index (χ2v) is 7.38. The number of nitrogens with zero attached hydrogens (tertiary/aromatic N) is 3. The molecule has 5 nitrogen and oxygen atoms in total. The Hall–Kier alpha value is -3.10. The highest BCUT2D eigenvalue weighted by Crippen LogP contribution is 2.45. The summed E-state index contributed by atoms with van der Waals surface area (Å²) in [7, 11) is 0. The molecule has 150 valence electrons. The molecule has 0 saturated heterocycles. The Morgan fingerprint density at radius 3 is 2.47 bits per heavy atom. The molecule has 0 bridgehead atoms. The van der Waals surface area contributed by atoms with Crippen molar-refractivity contribution < 1.29 is 13.2 Å². The lowest BCUT2D eigenvalue weighted by molar-refractivity contribution is -0.137. The zero-order chi connectivity index (χ0) is 21.0. The Bertz CT molecular complexity index is 1210. The van der Waals surface area contributed by atoms with Gasteiger partial charge in [-0.1, -0.05) is 23.2 Å². The Morgan fingerprint density at radius 1 is 0.967 bits per heavy atom. The first-order valence-electron chi connectivity index (χ1n) is 8.66. The number of nitrogens with one attached hydrogen (secondary N) is 2. The summed E-state index contributed by atoms with van der Waals surface area (Å²) in [5.74, 6) is 0.830. The van der Waals surface area contributed by atoms with Gasteiger partial charge in [0.25, 0.3) is 0 Å². The van der Waals surface area contributed by atoms with Gasteiger partial charge in [-0.2, -0.15) is 13.2 Å². The molecule has 5 rings (SSSR count). The van der Waals surface area contributed by atoms with E-state index in [2.05, 4.69) is 25.3 Å². The molecule has 0 atom stereocenters. The Morgan fingerprint density at radius 2 is 1.73 bits per heavy atom. The summed E-state index contributed by atoms with van der Waals surface area (Å²) in [6.45, 7) is 0. The van der Waals surface area contributed by atoms with Gasteiger partial charge in [0.15, 0.2) is 0 Å². The van der Waals surface area contributed by atoms with Crippen molar-refractivity contribution in [2.45, 2.75) is 6.18 Å². The average molecular weight is 448 g/mol. The molecule has 1 aliphatic rings. The maximum absolute atomic E-state index is 13.1. The van der Waals surface area contributed by atoms with Crippen molar-refractivity contribution in [3.05, 3.63) is 64.5 Å². The fourth-order valence-electron chi connectivity index (χ4n) is 3.38. The Labute approximate surface area is 177 Å². The molecule has 1 aromatic carbocycles. The molecule has 2 N–H and O–H groups in total. The number of H-pyrrole nitrogens is 1. The number of anilines is 2. The molecule has 0 spiro atoms. The molecule has 0 aliphatic carbocycles. The maximum Gasteiger partial charge on any atom is 0.416 e. The third kappa shape index (κ3) is 3.00. The first-order chi connectivity index (χ1) is 14.3. The van der Waals surface area contributed by atoms with E-state index >= 15 is 0 Å². The highest BCUT2D eigenvalue weighted by Gasteiger charge is 2.33. The third-order valence-electron chi connectivity index (χ3n) is 4.72. The smallest absolute Gasteiger partial charge is 0.338 e. The lowest BCUT2D eigenvalue weighted by Gasteiger charge is -2.11. The topological polar surface area (TPSA) is 66.5 Å². The predicted octanol–water partition coefficient (Wildman–Crippen LogP) is 6.58. The second-order valence-electron chi connectivity index (χ2n) is 6.57. The molecule has 0 saturated carbocycles. The molecule has 0 unspecified atom stereocenters. The molecule has 4 aromatic rings. The lowest BCUT2D eigenvalue weighted by atomic mass is 10.1. The van der Waals surface area contributed by atoms with E-state index in [9.17, 15) is 13.2 Å². The summed E-state index contributed by atoms with van der Waals surface area (Å²) in [4.78, 5) is 16.3. The quantitative estimate of drug-likeness (QED) is 0.304. The van der Waals surface area contributed by atoms with Crippen LogP contribution in [0.5, 0.6) is 0 Å². The van der Waals surface area contributed by atoms with Crippen molar-refractivity contribution in [1.29, 1.82) is 0 Å². The van der Waals surface area contributed by atoms with Gasteiger partial charge in [0.1, 0.15) is 17.3 Å². The van der Waals surface area contributed by atoms with E-state index in [1.54, 1.807) is 30.7 Å². The van der Waals surface area contributed by atoms with Gasteiger partial charge < -0.3 is 10.3 Å². The van der Waals surface area contributed by atoms with Crippen LogP contribution in [0.1, 0.15) is 5.56 Å². The summed E-state index contributed by atoms with van der Waals surface area (Å²) in [5, 5.41) is 2.92. The number of benzene rings is 1. The van der Waals surface area contributed by atoms with Crippen LogP contribution < -0.4 is 5.32 Å². The number of alkyl halides is 3. The number of pyridine rings is 2. The highest BCUT2D eigenvalue weighted by atomic mass is 35.5. The molecule has 4 heterocycles. The van der Waals surface area contributed by atoms with Gasteiger partial charge in [-0.05, 0) is 30.3 Å². The van der Waals surface area contributed by atoms with Crippen LogP contribution in [0.15, 0.2) is 48.9 Å². The number of imidazole rings is 1. The van der Waals surface area contributed by atoms with Gasteiger partial charge in [0.05, 0.1) is 38.8 Å². The fourth-order valence-corrected chi connectivity index (χ4v) is 4.05. The molecule has 0 amide bonds. The van der Waals surface area contributed by atoms with Crippen molar-refractivity contribution >= 4 is 34.7 Å². The summed E-state index contributed by atoms with van der Waals surface area (Å²) < 4.78 is 39.2. The second kappa shape index (κ2) is 6.72. The number of aromatic nitrogens is 4. The Balaban J connectivity index is 1.76. The molecule has 0 radical (unpaired) electrons. The number of fused-ring (bicyclic) bond motifs is 5. The minimum absolute atomic E-state index is 0.154. The first kappa shape index (κ1) is 18.9. The van der Waals surface area contributed by atoms with Crippen LogP contribution in [0.3, 0.4) is 0 Å². The van der Waals surface area contributed by atoms with Crippen molar-refractivity contribution in [2.24, 2.45) is 0 Å². The van der Waals surface area contributed by atoms with Crippen molar-refractivity contribution in [3.8, 4) is 33.9 Å². The van der Waals surface area contributed by atoms with E-state index in [4.69, 9.17) is 23.2 Å². The molecule has 3 aromatic heterocycles. The zero-order valence-corrected chi connectivity index (χ0v) is 16.4. The average Bonchev–Trinajstić information content (AvgIpc) is 3.07. The van der Waals surface area contributed by atoms with Crippen LogP contribution in [0.2, 0.25) is 10.0 Å². The predicted molar refractivity (Wildman–Crippen MR) is 109 cm³/mol. The summed E-state index contributed by atoms with van der Waals surface area (Å²) >= 11 is 12.4. The zero-order valence-electron chi connectivity index (χ0n) is 14.9. The molecule has 10 heteroatoms. The fraction of sp³-hybridized carbons (Fsp3) is 0.0500. The summed E-state index contributed by atoms with van der Waals surface area (Å²) in [6, 6.07) is 7.08. The van der Waals surface area contributed by atoms with Gasteiger partial charge in [-0.25, -0.2) is 9.97 Å². The third-order valence-corrected chi connectivity index (χ3v) is 5.31. The molecular formula is C20H10Cl2F3N5. The Kier molecular flexibility index (Phi) is 4.23.